The Balaban J connectivity index is 2.74. The first-order valence-corrected chi connectivity index (χ1v) is 6.79. The van der Waals surface area contributed by atoms with Crippen LogP contribution >= 0.6 is 0 Å². The lowest BCUT2D eigenvalue weighted by Crippen LogP contribution is -2.27. The average Bonchev–Trinajstić information content (AvgIpc) is 2.45. The van der Waals surface area contributed by atoms with Gasteiger partial charge in [-0.2, -0.15) is 0 Å². The maximum Gasteiger partial charge on any atom is 0.259 e. The molecule has 0 atom stereocenters. The van der Waals surface area contributed by atoms with Crippen molar-refractivity contribution in [2.24, 2.45) is 0 Å². The molecule has 1 amide bonds. The van der Waals surface area contributed by atoms with E-state index in [4.69, 9.17) is 9.47 Å². The molecule has 0 saturated heterocycles. The lowest BCUT2D eigenvalue weighted by molar-refractivity contribution is -0.130. The third-order valence-electron chi connectivity index (χ3n) is 2.86. The Bertz CT molecular complexity index is 433. The molecule has 0 aliphatic heterocycles. The molecule has 1 aromatic rings. The van der Waals surface area contributed by atoms with Gasteiger partial charge < -0.3 is 19.7 Å². The van der Waals surface area contributed by atoms with E-state index in [1.165, 1.54) is 4.90 Å². The Morgan fingerprint density at radius 3 is 2.70 bits per heavy atom. The van der Waals surface area contributed by atoms with E-state index < -0.39 is 0 Å². The van der Waals surface area contributed by atoms with Gasteiger partial charge in [0.2, 0.25) is 0 Å². The number of rotatable bonds is 8. The van der Waals surface area contributed by atoms with Crippen LogP contribution in [0.5, 0.6) is 11.5 Å². The largest absolute Gasteiger partial charge is 0.497 e. The Morgan fingerprint density at radius 2 is 2.10 bits per heavy atom. The molecule has 0 unspecified atom stereocenters. The number of carbonyl (C=O) groups is 1. The highest BCUT2D eigenvalue weighted by molar-refractivity contribution is 5.77. The minimum atomic E-state index is -0.0618. The quantitative estimate of drug-likeness (QED) is 0.736. The Morgan fingerprint density at radius 1 is 1.35 bits per heavy atom. The summed E-state index contributed by atoms with van der Waals surface area (Å²) >= 11 is 0. The van der Waals surface area contributed by atoms with E-state index in [-0.39, 0.29) is 12.5 Å². The Labute approximate surface area is 120 Å². The molecule has 0 aliphatic rings. The number of ether oxygens (including phenoxy) is 2. The number of nitrogens with zero attached hydrogens (tertiary/aromatic N) is 1. The summed E-state index contributed by atoms with van der Waals surface area (Å²) in [6.45, 7) is 3.79. The van der Waals surface area contributed by atoms with Gasteiger partial charge >= 0.3 is 0 Å². The van der Waals surface area contributed by atoms with Gasteiger partial charge in [-0.1, -0.05) is 6.92 Å². The molecule has 1 rings (SSSR count). The molecule has 0 aliphatic carbocycles. The zero-order chi connectivity index (χ0) is 15.0. The normalized spacial score (nSPS) is 10.2. The number of benzene rings is 1. The summed E-state index contributed by atoms with van der Waals surface area (Å²) in [5.41, 5.74) is 0.990. The summed E-state index contributed by atoms with van der Waals surface area (Å²) in [6, 6.07) is 5.60. The first-order chi connectivity index (χ1) is 9.58. The predicted octanol–water partition coefficient (Wildman–Crippen LogP) is 1.66. The Hall–Kier alpha value is -1.75. The number of methoxy groups -OCH3 is 1. The van der Waals surface area contributed by atoms with Crippen molar-refractivity contribution in [1.29, 1.82) is 0 Å². The third-order valence-corrected chi connectivity index (χ3v) is 2.86. The highest BCUT2D eigenvalue weighted by Crippen LogP contribution is 2.24. The van der Waals surface area contributed by atoms with Crippen LogP contribution in [0.4, 0.5) is 0 Å². The lowest BCUT2D eigenvalue weighted by atomic mass is 10.2. The van der Waals surface area contributed by atoms with Gasteiger partial charge in [0.05, 0.1) is 7.11 Å². The standard InChI is InChI=1S/C15H24N2O3/c1-5-8-16-10-12-9-13(19-4)6-7-14(12)20-11-15(18)17(2)3/h6-7,9,16H,5,8,10-11H2,1-4H3. The predicted molar refractivity (Wildman–Crippen MR) is 79.2 cm³/mol. The van der Waals surface area contributed by atoms with Crippen LogP contribution in [0.1, 0.15) is 18.9 Å². The second-order valence-corrected chi connectivity index (χ2v) is 4.73. The molecule has 0 aromatic heterocycles. The first-order valence-electron chi connectivity index (χ1n) is 6.79. The molecule has 1 N–H and O–H groups in total. The number of hydrogen-bond donors (Lipinski definition) is 1. The summed E-state index contributed by atoms with van der Waals surface area (Å²) in [5, 5.41) is 3.32. The van der Waals surface area contributed by atoms with Crippen LogP contribution in [-0.2, 0) is 11.3 Å². The molecule has 0 fully saturated rings. The summed E-state index contributed by atoms with van der Waals surface area (Å²) in [4.78, 5) is 13.1. The van der Waals surface area contributed by atoms with Crippen molar-refractivity contribution >= 4 is 5.91 Å². The minimum Gasteiger partial charge on any atom is -0.497 e. The molecule has 0 bridgehead atoms. The van der Waals surface area contributed by atoms with E-state index in [0.29, 0.717) is 12.3 Å². The van der Waals surface area contributed by atoms with Gasteiger partial charge in [0.1, 0.15) is 11.5 Å². The number of amides is 1. The molecule has 0 radical (unpaired) electrons. The first kappa shape index (κ1) is 16.3. The van der Waals surface area contributed by atoms with E-state index in [1.54, 1.807) is 21.2 Å². The fraction of sp³-hybridized carbons (Fsp3) is 0.533. The maximum atomic E-state index is 11.6. The van der Waals surface area contributed by atoms with Crippen molar-refractivity contribution in [3.05, 3.63) is 23.8 Å². The van der Waals surface area contributed by atoms with E-state index >= 15 is 0 Å². The van der Waals surface area contributed by atoms with E-state index in [0.717, 1.165) is 24.3 Å². The summed E-state index contributed by atoms with van der Waals surface area (Å²) in [7, 11) is 5.06. The zero-order valence-corrected chi connectivity index (χ0v) is 12.7. The highest BCUT2D eigenvalue weighted by atomic mass is 16.5. The molecule has 0 spiro atoms. The highest BCUT2D eigenvalue weighted by Gasteiger charge is 2.09. The number of carbonyl (C=O) groups excluding carboxylic acids is 1. The van der Waals surface area contributed by atoms with Crippen LogP contribution in [-0.4, -0.2) is 45.2 Å². The van der Waals surface area contributed by atoms with Crippen LogP contribution in [0.15, 0.2) is 18.2 Å². The second kappa shape index (κ2) is 8.43. The number of likely N-dealkylation sites (N-methyl/N-ethyl adjacent to an activating group) is 1. The van der Waals surface area contributed by atoms with Crippen molar-refractivity contribution in [3.8, 4) is 11.5 Å². The molecule has 5 heteroatoms. The van der Waals surface area contributed by atoms with Crippen molar-refractivity contribution in [2.45, 2.75) is 19.9 Å². The van der Waals surface area contributed by atoms with Crippen LogP contribution in [0.2, 0.25) is 0 Å². The molecule has 112 valence electrons. The monoisotopic (exact) mass is 280 g/mol. The van der Waals surface area contributed by atoms with E-state index in [2.05, 4.69) is 12.2 Å². The maximum absolute atomic E-state index is 11.6. The second-order valence-electron chi connectivity index (χ2n) is 4.73. The van der Waals surface area contributed by atoms with E-state index in [9.17, 15) is 4.79 Å². The summed E-state index contributed by atoms with van der Waals surface area (Å²) in [5.74, 6) is 1.43. The van der Waals surface area contributed by atoms with Gasteiger partial charge in [-0.15, -0.1) is 0 Å². The van der Waals surface area contributed by atoms with Gasteiger partial charge in [0, 0.05) is 26.2 Å². The molecule has 5 nitrogen and oxygen atoms in total. The van der Waals surface area contributed by atoms with Crippen molar-refractivity contribution in [2.75, 3.05) is 34.4 Å². The van der Waals surface area contributed by atoms with Gasteiger partial charge in [-0.25, -0.2) is 0 Å². The van der Waals surface area contributed by atoms with E-state index in [1.807, 2.05) is 18.2 Å². The van der Waals surface area contributed by atoms with Crippen LogP contribution in [0, 0.1) is 0 Å². The molecule has 1 aromatic carbocycles. The average molecular weight is 280 g/mol. The molecule has 20 heavy (non-hydrogen) atoms. The molecular formula is C15H24N2O3. The van der Waals surface area contributed by atoms with Crippen LogP contribution < -0.4 is 14.8 Å². The Kier molecular flexibility index (Phi) is 6.87. The lowest BCUT2D eigenvalue weighted by Gasteiger charge is -2.15. The number of hydrogen-bond acceptors (Lipinski definition) is 4. The fourth-order valence-electron chi connectivity index (χ4n) is 1.63. The molecule has 0 saturated carbocycles. The molecular weight excluding hydrogens is 256 g/mol. The van der Waals surface area contributed by atoms with Crippen molar-refractivity contribution in [3.63, 3.8) is 0 Å². The van der Waals surface area contributed by atoms with Gasteiger partial charge in [-0.05, 0) is 31.2 Å². The van der Waals surface area contributed by atoms with Gasteiger partial charge in [-0.3, -0.25) is 4.79 Å². The van der Waals surface area contributed by atoms with Crippen LogP contribution in [0.25, 0.3) is 0 Å². The topological polar surface area (TPSA) is 50.8 Å². The number of nitrogens with one attached hydrogen (secondary N) is 1. The van der Waals surface area contributed by atoms with Gasteiger partial charge in [0.15, 0.2) is 6.61 Å². The summed E-state index contributed by atoms with van der Waals surface area (Å²) in [6.07, 6.45) is 1.07. The SMILES string of the molecule is CCCNCc1cc(OC)ccc1OCC(=O)N(C)C. The van der Waals surface area contributed by atoms with Crippen molar-refractivity contribution < 1.29 is 14.3 Å². The minimum absolute atomic E-state index is 0.0418. The summed E-state index contributed by atoms with van der Waals surface area (Å²) < 4.78 is 10.8. The fourth-order valence-corrected chi connectivity index (χ4v) is 1.63. The van der Waals surface area contributed by atoms with Gasteiger partial charge in [0.25, 0.3) is 5.91 Å². The zero-order valence-electron chi connectivity index (χ0n) is 12.7. The van der Waals surface area contributed by atoms with Crippen LogP contribution in [0.3, 0.4) is 0 Å². The molecule has 0 heterocycles. The third kappa shape index (κ3) is 5.09. The smallest absolute Gasteiger partial charge is 0.259 e. The van der Waals surface area contributed by atoms with Crippen molar-refractivity contribution in [1.82, 2.24) is 10.2 Å².